The van der Waals surface area contributed by atoms with Crippen molar-refractivity contribution in [2.45, 2.75) is 11.7 Å². The van der Waals surface area contributed by atoms with E-state index in [0.717, 1.165) is 10.7 Å². The highest BCUT2D eigenvalue weighted by molar-refractivity contribution is 7.99. The number of carbonyl (C=O) groups is 2. The monoisotopic (exact) mass is 313 g/mol. The van der Waals surface area contributed by atoms with E-state index in [0.29, 0.717) is 11.7 Å². The van der Waals surface area contributed by atoms with Gasteiger partial charge in [0.1, 0.15) is 12.1 Å². The molecule has 0 aromatic carbocycles. The van der Waals surface area contributed by atoms with E-state index in [2.05, 4.69) is 4.98 Å². The number of carboxylic acid groups (broad SMARTS) is 1. The molecule has 1 N–H and O–H groups in total. The third-order valence-electron chi connectivity index (χ3n) is 2.97. The van der Waals surface area contributed by atoms with Crippen molar-refractivity contribution >= 4 is 23.6 Å². The van der Waals surface area contributed by atoms with Crippen LogP contribution in [0.3, 0.4) is 0 Å². The highest BCUT2D eigenvalue weighted by Gasteiger charge is 2.24. The summed E-state index contributed by atoms with van der Waals surface area (Å²) in [5.41, 5.74) is -0.540. The molecule has 0 fully saturated rings. The van der Waals surface area contributed by atoms with Crippen LogP contribution in [0.5, 0.6) is 0 Å². The highest BCUT2D eigenvalue weighted by atomic mass is 32.2. The molecule has 2 rings (SSSR count). The van der Waals surface area contributed by atoms with Gasteiger partial charge in [-0.2, -0.15) is 0 Å². The summed E-state index contributed by atoms with van der Waals surface area (Å²) in [5, 5.41) is 9.45. The van der Waals surface area contributed by atoms with Gasteiger partial charge in [0.05, 0.1) is 6.61 Å². The Bertz CT molecular complexity index is 615. The highest BCUT2D eigenvalue weighted by Crippen LogP contribution is 2.20. The minimum Gasteiger partial charge on any atom is -0.480 e. The molecule has 0 bridgehead atoms. The van der Waals surface area contributed by atoms with E-state index in [4.69, 9.17) is 9.84 Å². The smallest absolute Gasteiger partial charge is 0.323 e. The molecular formula is C12H15N3O5S. The van der Waals surface area contributed by atoms with Crippen LogP contribution in [-0.4, -0.2) is 64.0 Å². The first-order chi connectivity index (χ1) is 10.0. The van der Waals surface area contributed by atoms with Crippen LogP contribution in [0, 0.1) is 0 Å². The molecule has 2 heterocycles. The zero-order valence-corrected chi connectivity index (χ0v) is 12.3. The van der Waals surface area contributed by atoms with Crippen molar-refractivity contribution in [3.8, 4) is 0 Å². The molecule has 0 saturated heterocycles. The molecule has 1 aliphatic rings. The summed E-state index contributed by atoms with van der Waals surface area (Å²) in [6.45, 7) is 0.300. The van der Waals surface area contributed by atoms with E-state index < -0.39 is 24.0 Å². The zero-order chi connectivity index (χ0) is 15.4. The Kier molecular flexibility index (Phi) is 4.97. The molecule has 1 amide bonds. The maximum Gasteiger partial charge on any atom is 0.323 e. The number of methoxy groups -OCH3 is 1. The number of carboxylic acids is 1. The molecule has 114 valence electrons. The van der Waals surface area contributed by atoms with Gasteiger partial charge in [-0.25, -0.2) is 4.98 Å². The Hall–Kier alpha value is -1.87. The van der Waals surface area contributed by atoms with Crippen LogP contribution in [0.25, 0.3) is 0 Å². The molecule has 9 heteroatoms. The largest absolute Gasteiger partial charge is 0.480 e. The van der Waals surface area contributed by atoms with Gasteiger partial charge >= 0.3 is 5.97 Å². The van der Waals surface area contributed by atoms with Crippen LogP contribution in [0.15, 0.2) is 16.1 Å². The molecule has 0 unspecified atom stereocenters. The number of hydrogen-bond donors (Lipinski definition) is 1. The zero-order valence-electron chi connectivity index (χ0n) is 11.4. The lowest BCUT2D eigenvalue weighted by molar-refractivity contribution is -0.137. The fourth-order valence-corrected chi connectivity index (χ4v) is 2.87. The lowest BCUT2D eigenvalue weighted by Crippen LogP contribution is -2.41. The van der Waals surface area contributed by atoms with Crippen molar-refractivity contribution in [3.05, 3.63) is 22.1 Å². The van der Waals surface area contributed by atoms with Gasteiger partial charge in [-0.1, -0.05) is 11.8 Å². The van der Waals surface area contributed by atoms with Crippen LogP contribution in [0.1, 0.15) is 10.4 Å². The minimum atomic E-state index is -1.15. The third-order valence-corrected chi connectivity index (χ3v) is 3.94. The van der Waals surface area contributed by atoms with Crippen molar-refractivity contribution in [2.75, 3.05) is 32.6 Å². The number of fused-ring (bicyclic) bond motifs is 1. The maximum atomic E-state index is 12.4. The summed E-state index contributed by atoms with van der Waals surface area (Å²) in [6.07, 6.45) is 1.22. The summed E-state index contributed by atoms with van der Waals surface area (Å²) in [6, 6.07) is 0. The summed E-state index contributed by atoms with van der Waals surface area (Å²) >= 11 is 1.45. The second kappa shape index (κ2) is 6.72. The molecule has 0 spiro atoms. The standard InChI is InChI=1S/C12H15N3O5S/c1-20-4-2-14(7-9(16)17)10(18)8-6-13-12-15(11(8)19)3-5-21-12/h6H,2-5,7H2,1H3,(H,16,17). The quantitative estimate of drug-likeness (QED) is 0.708. The molecular weight excluding hydrogens is 298 g/mol. The molecule has 1 aromatic rings. The lowest BCUT2D eigenvalue weighted by Gasteiger charge is -2.20. The summed E-state index contributed by atoms with van der Waals surface area (Å²) in [7, 11) is 1.45. The third kappa shape index (κ3) is 3.42. The van der Waals surface area contributed by atoms with Crippen LogP contribution in [0.4, 0.5) is 0 Å². The number of aromatic nitrogens is 2. The van der Waals surface area contributed by atoms with E-state index in [9.17, 15) is 14.4 Å². The van der Waals surface area contributed by atoms with Gasteiger partial charge in [0.15, 0.2) is 5.16 Å². The average Bonchev–Trinajstić information content (AvgIpc) is 2.92. The van der Waals surface area contributed by atoms with Gasteiger partial charge in [-0.3, -0.25) is 19.0 Å². The van der Waals surface area contributed by atoms with E-state index in [1.165, 1.54) is 29.6 Å². The second-order valence-corrected chi connectivity index (χ2v) is 5.44. The number of hydrogen-bond acceptors (Lipinski definition) is 6. The number of nitrogens with zero attached hydrogens (tertiary/aromatic N) is 3. The molecule has 1 aliphatic heterocycles. The van der Waals surface area contributed by atoms with Crippen molar-refractivity contribution < 1.29 is 19.4 Å². The van der Waals surface area contributed by atoms with Crippen molar-refractivity contribution in [1.29, 1.82) is 0 Å². The topological polar surface area (TPSA) is 102 Å². The van der Waals surface area contributed by atoms with Crippen molar-refractivity contribution in [3.63, 3.8) is 0 Å². The van der Waals surface area contributed by atoms with Crippen LogP contribution in [0.2, 0.25) is 0 Å². The number of aliphatic carboxylic acids is 1. The van der Waals surface area contributed by atoms with E-state index in [1.54, 1.807) is 0 Å². The summed E-state index contributed by atoms with van der Waals surface area (Å²) in [4.78, 5) is 40.6. The normalized spacial score (nSPS) is 13.0. The first-order valence-corrected chi connectivity index (χ1v) is 7.25. The van der Waals surface area contributed by atoms with Crippen LogP contribution >= 0.6 is 11.8 Å². The fourth-order valence-electron chi connectivity index (χ4n) is 1.95. The predicted octanol–water partition coefficient (Wildman–Crippen LogP) is -0.478. The second-order valence-electron chi connectivity index (χ2n) is 4.37. The summed E-state index contributed by atoms with van der Waals surface area (Å²) < 4.78 is 6.29. The van der Waals surface area contributed by atoms with Gasteiger partial charge < -0.3 is 14.7 Å². The molecule has 0 atom stereocenters. The Morgan fingerprint density at radius 3 is 3.00 bits per heavy atom. The van der Waals surface area contributed by atoms with Crippen LogP contribution in [-0.2, 0) is 16.1 Å². The first kappa shape index (κ1) is 15.5. The Balaban J connectivity index is 2.28. The van der Waals surface area contributed by atoms with Gasteiger partial charge in [-0.05, 0) is 0 Å². The van der Waals surface area contributed by atoms with Crippen molar-refractivity contribution in [1.82, 2.24) is 14.5 Å². The predicted molar refractivity (Wildman–Crippen MR) is 74.6 cm³/mol. The molecule has 0 aliphatic carbocycles. The van der Waals surface area contributed by atoms with E-state index >= 15 is 0 Å². The first-order valence-electron chi connectivity index (χ1n) is 6.27. The van der Waals surface area contributed by atoms with Gasteiger partial charge in [-0.15, -0.1) is 0 Å². The minimum absolute atomic E-state index is 0.0948. The number of ether oxygens (including phenoxy) is 1. The Morgan fingerprint density at radius 2 is 2.33 bits per heavy atom. The average molecular weight is 313 g/mol. The fraction of sp³-hybridized carbons (Fsp3) is 0.500. The van der Waals surface area contributed by atoms with Crippen molar-refractivity contribution in [2.24, 2.45) is 0 Å². The van der Waals surface area contributed by atoms with Gasteiger partial charge in [0.2, 0.25) is 0 Å². The van der Waals surface area contributed by atoms with Gasteiger partial charge in [0.25, 0.3) is 11.5 Å². The van der Waals surface area contributed by atoms with E-state index in [-0.39, 0.29) is 18.7 Å². The summed E-state index contributed by atoms with van der Waals surface area (Å²) in [5.74, 6) is -1.05. The molecule has 0 saturated carbocycles. The SMILES string of the molecule is COCCN(CC(=O)O)C(=O)c1cnc2n(c1=O)CCS2. The molecule has 1 aromatic heterocycles. The van der Waals surface area contributed by atoms with E-state index in [1.807, 2.05) is 0 Å². The molecule has 0 radical (unpaired) electrons. The number of rotatable bonds is 6. The molecule has 21 heavy (non-hydrogen) atoms. The maximum absolute atomic E-state index is 12.4. The lowest BCUT2D eigenvalue weighted by atomic mass is 10.2. The Morgan fingerprint density at radius 1 is 1.57 bits per heavy atom. The van der Waals surface area contributed by atoms with Gasteiger partial charge in [0, 0.05) is 32.1 Å². The Labute approximate surface area is 124 Å². The molecule has 8 nitrogen and oxygen atoms in total. The van der Waals surface area contributed by atoms with Crippen LogP contribution < -0.4 is 5.56 Å². The number of amides is 1. The number of thioether (sulfide) groups is 1. The number of carbonyl (C=O) groups excluding carboxylic acids is 1.